The summed E-state index contributed by atoms with van der Waals surface area (Å²) in [5.41, 5.74) is -1.05. The molecule has 0 radical (unpaired) electrons. The van der Waals surface area contributed by atoms with Crippen LogP contribution >= 0.6 is 0 Å². The fourth-order valence-electron chi connectivity index (χ4n) is 2.62. The van der Waals surface area contributed by atoms with Crippen molar-refractivity contribution in [3.8, 4) is 0 Å². The van der Waals surface area contributed by atoms with E-state index < -0.39 is 33.2 Å². The predicted octanol–water partition coefficient (Wildman–Crippen LogP) is 2.95. The normalized spacial score (nSPS) is 12.9. The second-order valence-corrected chi connectivity index (χ2v) is 9.06. The highest BCUT2D eigenvalue weighted by Crippen LogP contribution is 2.32. The Labute approximate surface area is 164 Å². The fraction of sp³-hybridized carbons (Fsp3) is 0.611. The van der Waals surface area contributed by atoms with Gasteiger partial charge in [0.15, 0.2) is 0 Å². The van der Waals surface area contributed by atoms with E-state index in [1.54, 1.807) is 33.8 Å². The smallest absolute Gasteiger partial charge is 0.337 e. The summed E-state index contributed by atoms with van der Waals surface area (Å²) < 4.78 is 64.1. The van der Waals surface area contributed by atoms with Gasteiger partial charge in [0.2, 0.25) is 10.0 Å². The van der Waals surface area contributed by atoms with Gasteiger partial charge in [-0.1, -0.05) is 45.9 Å². The Balaban J connectivity index is 2.60. The molecule has 0 saturated heterocycles. The summed E-state index contributed by atoms with van der Waals surface area (Å²) in [7, 11) is -3.44. The zero-order valence-electron chi connectivity index (χ0n) is 16.6. The monoisotopic (exact) mass is 423 g/mol. The van der Waals surface area contributed by atoms with Crippen LogP contribution in [0.15, 0.2) is 24.3 Å². The average molecular weight is 424 g/mol. The van der Waals surface area contributed by atoms with Gasteiger partial charge in [-0.25, -0.2) is 17.5 Å². The minimum absolute atomic E-state index is 0.0609. The summed E-state index contributed by atoms with van der Waals surface area (Å²) in [6.07, 6.45) is -4.44. The first-order valence-corrected chi connectivity index (χ1v) is 10.6. The Bertz CT molecular complexity index is 761. The number of amides is 2. The van der Waals surface area contributed by atoms with Gasteiger partial charge in [0, 0.05) is 31.6 Å². The predicted molar refractivity (Wildman–Crippen MR) is 103 cm³/mol. The fourth-order valence-corrected chi connectivity index (χ4v) is 4.03. The lowest BCUT2D eigenvalue weighted by atomic mass is 9.84. The summed E-state index contributed by atoms with van der Waals surface area (Å²) in [6, 6.07) is 4.39. The van der Waals surface area contributed by atoms with Crippen LogP contribution in [0, 0.1) is 0 Å². The number of carbonyl (C=O) groups is 1. The molecule has 0 heterocycles. The molecule has 160 valence electrons. The standard InChI is InChI=1S/C18H28F3N3O3S/c1-5-24(6-2)28(26,27)11-10-22-16(25)23-13-17(3,4)14-8-7-9-15(12-14)18(19,20)21/h7-9,12H,5-6,10-11,13H2,1-4H3,(H2,22,23,25). The molecule has 0 saturated carbocycles. The lowest BCUT2D eigenvalue weighted by Crippen LogP contribution is -2.44. The topological polar surface area (TPSA) is 78.5 Å². The summed E-state index contributed by atoms with van der Waals surface area (Å²) in [5.74, 6) is -0.223. The van der Waals surface area contributed by atoms with Crippen molar-refractivity contribution in [2.75, 3.05) is 31.9 Å². The van der Waals surface area contributed by atoms with Crippen molar-refractivity contribution in [2.24, 2.45) is 0 Å². The number of alkyl halides is 3. The van der Waals surface area contributed by atoms with Gasteiger partial charge in [-0.3, -0.25) is 0 Å². The summed E-state index contributed by atoms with van der Waals surface area (Å²) in [6.45, 7) is 7.64. The Morgan fingerprint density at radius 1 is 1.07 bits per heavy atom. The van der Waals surface area contributed by atoms with Crippen LogP contribution in [0.2, 0.25) is 0 Å². The maximum atomic E-state index is 12.9. The largest absolute Gasteiger partial charge is 0.416 e. The van der Waals surface area contributed by atoms with E-state index in [2.05, 4.69) is 10.6 Å². The second-order valence-electron chi connectivity index (χ2n) is 6.97. The molecule has 0 aromatic heterocycles. The molecule has 1 aromatic rings. The number of nitrogens with one attached hydrogen (secondary N) is 2. The molecule has 1 rings (SSSR count). The summed E-state index contributed by atoms with van der Waals surface area (Å²) >= 11 is 0. The first kappa shape index (κ1) is 24.2. The van der Waals surface area contributed by atoms with Crippen LogP contribution in [-0.2, 0) is 21.6 Å². The zero-order valence-corrected chi connectivity index (χ0v) is 17.4. The molecule has 6 nitrogen and oxygen atoms in total. The van der Waals surface area contributed by atoms with Gasteiger partial charge in [-0.05, 0) is 11.6 Å². The molecule has 0 aliphatic rings. The van der Waals surface area contributed by atoms with Crippen molar-refractivity contribution in [3.05, 3.63) is 35.4 Å². The zero-order chi connectivity index (χ0) is 21.6. The maximum Gasteiger partial charge on any atom is 0.416 e. The second kappa shape index (κ2) is 9.60. The van der Waals surface area contributed by atoms with E-state index in [0.29, 0.717) is 18.7 Å². The van der Waals surface area contributed by atoms with Crippen LogP contribution in [0.25, 0.3) is 0 Å². The molecule has 1 aromatic carbocycles. The molecule has 2 amide bonds. The molecule has 2 N–H and O–H groups in total. The quantitative estimate of drug-likeness (QED) is 0.641. The average Bonchev–Trinajstić information content (AvgIpc) is 2.60. The number of halogens is 3. The molecular weight excluding hydrogens is 395 g/mol. The number of rotatable bonds is 9. The van der Waals surface area contributed by atoms with E-state index in [-0.39, 0.29) is 18.8 Å². The number of urea groups is 1. The number of sulfonamides is 1. The number of benzene rings is 1. The van der Waals surface area contributed by atoms with Crippen molar-refractivity contribution < 1.29 is 26.4 Å². The lowest BCUT2D eigenvalue weighted by Gasteiger charge is -2.26. The van der Waals surface area contributed by atoms with E-state index in [4.69, 9.17) is 0 Å². The van der Waals surface area contributed by atoms with E-state index in [0.717, 1.165) is 12.1 Å². The molecule has 0 spiro atoms. The Morgan fingerprint density at radius 2 is 1.64 bits per heavy atom. The first-order valence-electron chi connectivity index (χ1n) is 9.00. The Morgan fingerprint density at radius 3 is 2.18 bits per heavy atom. The van der Waals surface area contributed by atoms with Crippen molar-refractivity contribution in [1.82, 2.24) is 14.9 Å². The van der Waals surface area contributed by atoms with Crippen LogP contribution in [0.1, 0.15) is 38.8 Å². The third-order valence-electron chi connectivity index (χ3n) is 4.41. The number of nitrogens with zero attached hydrogens (tertiary/aromatic N) is 1. The first-order chi connectivity index (χ1) is 12.8. The van der Waals surface area contributed by atoms with Gasteiger partial charge in [-0.15, -0.1) is 0 Å². The highest BCUT2D eigenvalue weighted by molar-refractivity contribution is 7.89. The van der Waals surface area contributed by atoms with Gasteiger partial charge in [0.05, 0.1) is 11.3 Å². The molecule has 0 aliphatic heterocycles. The van der Waals surface area contributed by atoms with Crippen molar-refractivity contribution in [3.63, 3.8) is 0 Å². The highest BCUT2D eigenvalue weighted by atomic mass is 32.2. The van der Waals surface area contributed by atoms with Gasteiger partial charge in [0.1, 0.15) is 0 Å². The van der Waals surface area contributed by atoms with Crippen LogP contribution in [0.5, 0.6) is 0 Å². The van der Waals surface area contributed by atoms with Crippen LogP contribution in [-0.4, -0.2) is 50.7 Å². The van der Waals surface area contributed by atoms with E-state index in [1.807, 2.05) is 0 Å². The summed E-state index contributed by atoms with van der Waals surface area (Å²) in [5, 5.41) is 5.05. The molecule has 0 atom stereocenters. The van der Waals surface area contributed by atoms with Crippen molar-refractivity contribution in [2.45, 2.75) is 39.3 Å². The van der Waals surface area contributed by atoms with Crippen LogP contribution in [0.3, 0.4) is 0 Å². The molecule has 28 heavy (non-hydrogen) atoms. The van der Waals surface area contributed by atoms with Crippen LogP contribution in [0.4, 0.5) is 18.0 Å². The molecule has 0 fully saturated rings. The highest BCUT2D eigenvalue weighted by Gasteiger charge is 2.32. The lowest BCUT2D eigenvalue weighted by molar-refractivity contribution is -0.137. The molecule has 0 aliphatic carbocycles. The number of hydrogen-bond acceptors (Lipinski definition) is 3. The van der Waals surface area contributed by atoms with Crippen molar-refractivity contribution in [1.29, 1.82) is 0 Å². The van der Waals surface area contributed by atoms with E-state index >= 15 is 0 Å². The number of hydrogen-bond donors (Lipinski definition) is 2. The molecule has 10 heteroatoms. The van der Waals surface area contributed by atoms with Gasteiger partial charge in [0.25, 0.3) is 0 Å². The Kier molecular flexibility index (Phi) is 8.30. The van der Waals surface area contributed by atoms with Crippen molar-refractivity contribution >= 4 is 16.1 Å². The summed E-state index contributed by atoms with van der Waals surface area (Å²) in [4.78, 5) is 11.9. The van der Waals surface area contributed by atoms with Gasteiger partial charge < -0.3 is 10.6 Å². The minimum atomic E-state index is -4.44. The van der Waals surface area contributed by atoms with E-state index in [1.165, 1.54) is 10.4 Å². The van der Waals surface area contributed by atoms with Gasteiger partial charge >= 0.3 is 12.2 Å². The number of carbonyl (C=O) groups excluding carboxylic acids is 1. The third-order valence-corrected chi connectivity index (χ3v) is 6.43. The van der Waals surface area contributed by atoms with Crippen LogP contribution < -0.4 is 10.6 Å². The Hall–Kier alpha value is -1.81. The van der Waals surface area contributed by atoms with E-state index in [9.17, 15) is 26.4 Å². The molecule has 0 unspecified atom stereocenters. The molecule has 0 bridgehead atoms. The SMILES string of the molecule is CCN(CC)S(=O)(=O)CCNC(=O)NCC(C)(C)c1cccc(C(F)(F)F)c1. The minimum Gasteiger partial charge on any atom is -0.337 e. The maximum absolute atomic E-state index is 12.9. The third kappa shape index (κ3) is 6.97. The molecular formula is C18H28F3N3O3S. The van der Waals surface area contributed by atoms with Gasteiger partial charge in [-0.2, -0.15) is 13.2 Å².